The zero-order valence-corrected chi connectivity index (χ0v) is 19.2. The molecule has 1 saturated heterocycles. The molecule has 0 radical (unpaired) electrons. The molecule has 2 aromatic rings. The number of carbonyl (C=O) groups excluding carboxylic acids is 1. The molecule has 9 heteroatoms. The number of aliphatic imine (C=N–C) groups is 1. The molecule has 0 aromatic heterocycles. The second-order valence-electron chi connectivity index (χ2n) is 9.22. The minimum absolute atomic E-state index is 0.133. The Bertz CT molecular complexity index is 1170. The maximum absolute atomic E-state index is 14.3. The summed E-state index contributed by atoms with van der Waals surface area (Å²) in [7, 11) is 0. The van der Waals surface area contributed by atoms with E-state index in [1.807, 2.05) is 24.3 Å². The predicted octanol–water partition coefficient (Wildman–Crippen LogP) is 5.08. The number of nitro groups is 1. The van der Waals surface area contributed by atoms with Gasteiger partial charge in [0.2, 0.25) is 0 Å². The lowest BCUT2D eigenvalue weighted by Crippen LogP contribution is -2.56. The first-order valence-corrected chi connectivity index (χ1v) is 11.0. The average molecular weight is 467 g/mol. The normalized spacial score (nSPS) is 20.2. The van der Waals surface area contributed by atoms with Crippen LogP contribution < -0.4 is 0 Å². The third kappa shape index (κ3) is 5.14. The maximum Gasteiger partial charge on any atom is 0.411 e. The van der Waals surface area contributed by atoms with Crippen LogP contribution in [0, 0.1) is 15.9 Å². The summed E-state index contributed by atoms with van der Waals surface area (Å²) >= 11 is 0. The van der Waals surface area contributed by atoms with Gasteiger partial charge in [-0.25, -0.2) is 9.18 Å². The molecular weight excluding hydrogens is 441 g/mol. The van der Waals surface area contributed by atoms with E-state index < -0.39 is 34.6 Å². The van der Waals surface area contributed by atoms with Crippen LogP contribution in [0.15, 0.2) is 53.5 Å². The average Bonchev–Trinajstić information content (AvgIpc) is 3.21. The van der Waals surface area contributed by atoms with Crippen LogP contribution in [-0.2, 0) is 15.9 Å². The molecular formula is C25H26FN3O5. The highest BCUT2D eigenvalue weighted by Crippen LogP contribution is 2.30. The molecule has 8 nitrogen and oxygen atoms in total. The van der Waals surface area contributed by atoms with E-state index in [-0.39, 0.29) is 24.4 Å². The number of fused-ring (bicyclic) bond motifs is 1. The highest BCUT2D eigenvalue weighted by Gasteiger charge is 2.38. The lowest BCUT2D eigenvalue weighted by atomic mass is 10.0. The number of carbonyl (C=O) groups is 1. The third-order valence-corrected chi connectivity index (χ3v) is 5.57. The van der Waals surface area contributed by atoms with Gasteiger partial charge >= 0.3 is 6.09 Å². The first-order valence-electron chi connectivity index (χ1n) is 11.0. The Morgan fingerprint density at radius 1 is 1.26 bits per heavy atom. The monoisotopic (exact) mass is 467 g/mol. The molecule has 178 valence electrons. The lowest BCUT2D eigenvalue weighted by Gasteiger charge is -2.39. The molecule has 0 bridgehead atoms. The quantitative estimate of drug-likeness (QED) is 0.462. The van der Waals surface area contributed by atoms with Crippen molar-refractivity contribution in [1.29, 1.82) is 0 Å². The number of rotatable bonds is 4. The second kappa shape index (κ2) is 9.34. The van der Waals surface area contributed by atoms with Crippen LogP contribution in [0.4, 0.5) is 20.6 Å². The van der Waals surface area contributed by atoms with E-state index in [1.54, 1.807) is 25.7 Å². The molecule has 4 rings (SSSR count). The molecule has 2 aliphatic heterocycles. The smallest absolute Gasteiger partial charge is 0.411 e. The number of halogens is 1. The molecule has 0 spiro atoms. The van der Waals surface area contributed by atoms with E-state index in [1.165, 1.54) is 24.3 Å². The highest BCUT2D eigenvalue weighted by atomic mass is 19.1. The Balaban J connectivity index is 1.58. The Morgan fingerprint density at radius 3 is 2.74 bits per heavy atom. The van der Waals surface area contributed by atoms with Gasteiger partial charge in [0.25, 0.3) is 5.69 Å². The van der Waals surface area contributed by atoms with Crippen molar-refractivity contribution in [1.82, 2.24) is 4.90 Å². The van der Waals surface area contributed by atoms with Gasteiger partial charge < -0.3 is 9.47 Å². The van der Waals surface area contributed by atoms with Gasteiger partial charge in [-0.1, -0.05) is 30.3 Å². The van der Waals surface area contributed by atoms with Crippen molar-refractivity contribution in [2.24, 2.45) is 4.99 Å². The largest absolute Gasteiger partial charge is 0.444 e. The zero-order chi connectivity index (χ0) is 24.5. The van der Waals surface area contributed by atoms with E-state index in [0.29, 0.717) is 6.42 Å². The van der Waals surface area contributed by atoms with Crippen LogP contribution >= 0.6 is 0 Å². The van der Waals surface area contributed by atoms with Crippen molar-refractivity contribution in [3.8, 4) is 0 Å². The van der Waals surface area contributed by atoms with Gasteiger partial charge in [0.1, 0.15) is 11.4 Å². The van der Waals surface area contributed by atoms with Crippen molar-refractivity contribution in [3.63, 3.8) is 0 Å². The van der Waals surface area contributed by atoms with Crippen LogP contribution in [0.3, 0.4) is 0 Å². The lowest BCUT2D eigenvalue weighted by molar-refractivity contribution is -0.385. The Kier molecular flexibility index (Phi) is 6.47. The van der Waals surface area contributed by atoms with Crippen molar-refractivity contribution in [2.75, 3.05) is 13.2 Å². The number of para-hydroxylation sites is 1. The topological polar surface area (TPSA) is 94.3 Å². The van der Waals surface area contributed by atoms with Gasteiger partial charge in [-0.05, 0) is 44.5 Å². The number of hydrogen-bond acceptors (Lipinski definition) is 6. The van der Waals surface area contributed by atoms with Gasteiger partial charge in [0.15, 0.2) is 0 Å². The fourth-order valence-electron chi connectivity index (χ4n) is 4.00. The van der Waals surface area contributed by atoms with Crippen molar-refractivity contribution in [2.45, 2.75) is 44.9 Å². The number of amides is 1. The van der Waals surface area contributed by atoms with E-state index in [4.69, 9.17) is 14.5 Å². The molecule has 0 aliphatic carbocycles. The maximum atomic E-state index is 14.3. The number of morpholine rings is 1. The first-order chi connectivity index (χ1) is 16.1. The fraction of sp³-hybridized carbons (Fsp3) is 0.360. The van der Waals surface area contributed by atoms with Crippen LogP contribution in [0.1, 0.15) is 31.9 Å². The van der Waals surface area contributed by atoms with E-state index >= 15 is 0 Å². The molecule has 0 unspecified atom stereocenters. The van der Waals surface area contributed by atoms with Gasteiger partial charge in [-0.15, -0.1) is 0 Å². The van der Waals surface area contributed by atoms with Crippen LogP contribution in [0.2, 0.25) is 0 Å². The van der Waals surface area contributed by atoms with Crippen LogP contribution in [-0.4, -0.2) is 52.5 Å². The molecule has 1 amide bonds. The minimum Gasteiger partial charge on any atom is -0.444 e. The van der Waals surface area contributed by atoms with Crippen LogP contribution in [0.5, 0.6) is 0 Å². The highest BCUT2D eigenvalue weighted by molar-refractivity contribution is 5.99. The number of hydrogen-bond donors (Lipinski definition) is 0. The standard InChI is InChI=1S/C25H26FN3O5/c1-25(2,3)34-24(30)28-14-17(11-12-18-19(26)8-6-10-22(18)29(31)32)33-15-23(28)21-13-16-7-4-5-9-20(16)27-21/h4-12,17,23H,13-15H2,1-3H3/b12-11+/t17-,23+/m1/s1. The number of nitro benzene ring substituents is 1. The Morgan fingerprint density at radius 2 is 2.03 bits per heavy atom. The molecule has 2 atom stereocenters. The molecule has 2 aromatic carbocycles. The fourth-order valence-corrected chi connectivity index (χ4v) is 4.00. The number of ether oxygens (including phenoxy) is 2. The second-order valence-corrected chi connectivity index (χ2v) is 9.22. The van der Waals surface area contributed by atoms with Crippen molar-refractivity contribution < 1.29 is 23.6 Å². The van der Waals surface area contributed by atoms with Gasteiger partial charge in [0.05, 0.1) is 41.5 Å². The summed E-state index contributed by atoms with van der Waals surface area (Å²) < 4.78 is 25.8. The molecule has 0 saturated carbocycles. The first kappa shape index (κ1) is 23.6. The van der Waals surface area contributed by atoms with Crippen molar-refractivity contribution >= 4 is 29.3 Å². The predicted molar refractivity (Wildman–Crippen MR) is 126 cm³/mol. The number of nitrogens with zero attached hydrogens (tertiary/aromatic N) is 3. The summed E-state index contributed by atoms with van der Waals surface area (Å²) in [4.78, 5) is 30.0. The Hall–Kier alpha value is -3.59. The van der Waals surface area contributed by atoms with Crippen LogP contribution in [0.25, 0.3) is 6.08 Å². The minimum atomic E-state index is -0.707. The summed E-state index contributed by atoms with van der Waals surface area (Å²) in [6.45, 7) is 5.67. The third-order valence-electron chi connectivity index (χ3n) is 5.57. The molecule has 1 fully saturated rings. The summed E-state index contributed by atoms with van der Waals surface area (Å²) in [5.74, 6) is -0.707. The molecule has 2 aliphatic rings. The number of benzene rings is 2. The summed E-state index contributed by atoms with van der Waals surface area (Å²) in [5, 5.41) is 11.3. The van der Waals surface area contributed by atoms with Crippen molar-refractivity contribution in [3.05, 3.63) is 75.6 Å². The van der Waals surface area contributed by atoms with E-state index in [9.17, 15) is 19.3 Å². The zero-order valence-electron chi connectivity index (χ0n) is 19.2. The molecule has 34 heavy (non-hydrogen) atoms. The van der Waals surface area contributed by atoms with Gasteiger partial charge in [0, 0.05) is 18.2 Å². The molecule has 0 N–H and O–H groups in total. The van der Waals surface area contributed by atoms with E-state index in [2.05, 4.69) is 0 Å². The Labute approximate surface area is 196 Å². The van der Waals surface area contributed by atoms with Gasteiger partial charge in [-0.2, -0.15) is 0 Å². The SMILES string of the molecule is CC(C)(C)OC(=O)N1C[C@@H](/C=C/c2c(F)cccc2[N+](=O)[O-])OC[C@H]1C1=Nc2ccccc2C1. The summed E-state index contributed by atoms with van der Waals surface area (Å²) in [5.41, 5.74) is 1.58. The summed E-state index contributed by atoms with van der Waals surface area (Å²) in [6, 6.07) is 11.1. The molecule has 2 heterocycles. The van der Waals surface area contributed by atoms with E-state index in [0.717, 1.165) is 23.0 Å². The van der Waals surface area contributed by atoms with Gasteiger partial charge in [-0.3, -0.25) is 20.0 Å². The summed E-state index contributed by atoms with van der Waals surface area (Å²) in [6.07, 6.45) is 2.35.